The Labute approximate surface area is 298 Å². The Kier molecular flexibility index (Phi) is 6.89. The molecule has 0 fully saturated rings. The van der Waals surface area contributed by atoms with E-state index in [4.69, 9.17) is 0 Å². The molecule has 0 spiro atoms. The highest BCUT2D eigenvalue weighted by Crippen LogP contribution is 2.54. The number of hydrogen-bond donors (Lipinski definition) is 0. The molecule has 0 saturated carbocycles. The molecule has 0 atom stereocenters. The van der Waals surface area contributed by atoms with Gasteiger partial charge in [0.05, 0.1) is 5.69 Å². The molecule has 0 N–H and O–H groups in total. The smallest absolute Gasteiger partial charge is 0.0619 e. The topological polar surface area (TPSA) is 3.24 Å². The molecule has 51 heavy (non-hydrogen) atoms. The molecule has 0 saturated heterocycles. The molecule has 0 aromatic heterocycles. The lowest BCUT2D eigenvalue weighted by atomic mass is 9.87. The summed E-state index contributed by atoms with van der Waals surface area (Å²) < 4.78 is 0. The zero-order chi connectivity index (χ0) is 33.7. The summed E-state index contributed by atoms with van der Waals surface area (Å²) in [6.07, 6.45) is 0. The fourth-order valence-electron chi connectivity index (χ4n) is 8.11. The van der Waals surface area contributed by atoms with E-state index in [1.165, 1.54) is 82.9 Å². The third-order valence-corrected chi connectivity index (χ3v) is 10.4. The maximum absolute atomic E-state index is 2.45. The van der Waals surface area contributed by atoms with Crippen LogP contribution in [-0.4, -0.2) is 0 Å². The first-order chi connectivity index (χ1) is 25.3. The molecule has 1 heteroatoms. The molecule has 1 aliphatic carbocycles. The van der Waals surface area contributed by atoms with Crippen LogP contribution in [-0.2, 0) is 0 Å². The van der Waals surface area contributed by atoms with Gasteiger partial charge in [0.15, 0.2) is 0 Å². The Morgan fingerprint density at radius 1 is 0.255 bits per heavy atom. The van der Waals surface area contributed by atoms with Crippen LogP contribution in [0.25, 0.3) is 77.2 Å². The van der Waals surface area contributed by atoms with Crippen LogP contribution in [0.15, 0.2) is 200 Å². The van der Waals surface area contributed by atoms with Crippen LogP contribution in [0.2, 0.25) is 0 Å². The van der Waals surface area contributed by atoms with Gasteiger partial charge in [0.1, 0.15) is 0 Å². The Morgan fingerprint density at radius 3 is 1.31 bits per heavy atom. The number of para-hydroxylation sites is 1. The van der Waals surface area contributed by atoms with Crippen LogP contribution < -0.4 is 4.90 Å². The molecule has 1 nitrogen and oxygen atoms in total. The number of hydrogen-bond acceptors (Lipinski definition) is 1. The highest BCUT2D eigenvalue weighted by Gasteiger charge is 2.27. The lowest BCUT2D eigenvalue weighted by molar-refractivity contribution is 1.31. The lowest BCUT2D eigenvalue weighted by Crippen LogP contribution is -2.11. The second-order valence-corrected chi connectivity index (χ2v) is 13.2. The van der Waals surface area contributed by atoms with Crippen molar-refractivity contribution in [3.8, 4) is 55.6 Å². The van der Waals surface area contributed by atoms with E-state index in [1.54, 1.807) is 0 Å². The minimum atomic E-state index is 1.12. The van der Waals surface area contributed by atoms with Crippen LogP contribution in [0.5, 0.6) is 0 Å². The van der Waals surface area contributed by atoms with Gasteiger partial charge in [-0.25, -0.2) is 0 Å². The predicted molar refractivity (Wildman–Crippen MR) is 217 cm³/mol. The van der Waals surface area contributed by atoms with Crippen molar-refractivity contribution in [2.75, 3.05) is 4.90 Å². The standard InChI is InChI=1S/C50H33N/c1-3-14-34(15-4-1)35-26-28-36(29-27-35)37-30-32-39(33-31-37)51(38-16-5-2-6-17-38)50-46-23-12-11-22-45(46)48-43-21-10-9-20-41(43)40-18-7-8-19-42(40)44-24-13-25-47(50)49(44)48/h1-33H. The maximum atomic E-state index is 2.45. The summed E-state index contributed by atoms with van der Waals surface area (Å²) in [4.78, 5) is 2.45. The zero-order valence-corrected chi connectivity index (χ0v) is 28.0. The second-order valence-electron chi connectivity index (χ2n) is 13.2. The quantitative estimate of drug-likeness (QED) is 0.168. The average Bonchev–Trinajstić information content (AvgIpc) is 3.34. The Morgan fingerprint density at radius 2 is 0.667 bits per heavy atom. The van der Waals surface area contributed by atoms with E-state index in [-0.39, 0.29) is 0 Å². The fourth-order valence-corrected chi connectivity index (χ4v) is 8.11. The van der Waals surface area contributed by atoms with Gasteiger partial charge in [-0.2, -0.15) is 0 Å². The summed E-state index contributed by atoms with van der Waals surface area (Å²) in [7, 11) is 0. The SMILES string of the molecule is c1ccc(-c2ccc(-c3ccc(N(c4ccccc4)c4c5ccccc5c5c6c(cccc46)-c4ccccc4-c4ccccc4-5)cc3)cc2)cc1. The van der Waals surface area contributed by atoms with Gasteiger partial charge >= 0.3 is 0 Å². The van der Waals surface area contributed by atoms with E-state index in [2.05, 4.69) is 205 Å². The second kappa shape index (κ2) is 12.0. The van der Waals surface area contributed by atoms with E-state index >= 15 is 0 Å². The van der Waals surface area contributed by atoms with Crippen molar-refractivity contribution >= 4 is 38.6 Å². The summed E-state index contributed by atoms with van der Waals surface area (Å²) in [6.45, 7) is 0. The summed E-state index contributed by atoms with van der Waals surface area (Å²) in [5.74, 6) is 0. The van der Waals surface area contributed by atoms with E-state index in [1.807, 2.05) is 0 Å². The number of fused-ring (bicyclic) bond motifs is 7. The van der Waals surface area contributed by atoms with Crippen molar-refractivity contribution in [1.29, 1.82) is 0 Å². The molecule has 0 aliphatic heterocycles. The van der Waals surface area contributed by atoms with Crippen molar-refractivity contribution < 1.29 is 0 Å². The van der Waals surface area contributed by atoms with Crippen LogP contribution in [0.1, 0.15) is 0 Å². The first-order valence-electron chi connectivity index (χ1n) is 17.6. The Hall–Kier alpha value is -6.70. The van der Waals surface area contributed by atoms with Gasteiger partial charge in [0.2, 0.25) is 0 Å². The van der Waals surface area contributed by atoms with Crippen molar-refractivity contribution in [2.45, 2.75) is 0 Å². The summed E-state index contributed by atoms with van der Waals surface area (Å²) in [5, 5.41) is 5.00. The molecule has 0 bridgehead atoms. The van der Waals surface area contributed by atoms with Crippen LogP contribution in [0, 0.1) is 0 Å². The van der Waals surface area contributed by atoms with E-state index in [0.717, 1.165) is 11.4 Å². The van der Waals surface area contributed by atoms with Gasteiger partial charge in [0, 0.05) is 27.5 Å². The number of rotatable bonds is 5. The average molecular weight is 648 g/mol. The van der Waals surface area contributed by atoms with Gasteiger partial charge in [-0.15, -0.1) is 0 Å². The molecule has 0 unspecified atom stereocenters. The number of benzene rings is 9. The minimum Gasteiger partial charge on any atom is -0.309 e. The molecule has 10 rings (SSSR count). The van der Waals surface area contributed by atoms with E-state index in [9.17, 15) is 0 Å². The zero-order valence-electron chi connectivity index (χ0n) is 28.0. The van der Waals surface area contributed by atoms with Crippen LogP contribution >= 0.6 is 0 Å². The third kappa shape index (κ3) is 4.78. The van der Waals surface area contributed by atoms with Crippen molar-refractivity contribution in [1.82, 2.24) is 0 Å². The van der Waals surface area contributed by atoms with Crippen molar-refractivity contribution in [3.05, 3.63) is 200 Å². The largest absolute Gasteiger partial charge is 0.309 e. The highest BCUT2D eigenvalue weighted by atomic mass is 15.1. The molecular weight excluding hydrogens is 615 g/mol. The van der Waals surface area contributed by atoms with Gasteiger partial charge in [-0.05, 0) is 85.3 Å². The van der Waals surface area contributed by atoms with Crippen molar-refractivity contribution in [2.24, 2.45) is 0 Å². The molecular formula is C50H33N. The summed E-state index contributed by atoms with van der Waals surface area (Å²) in [6, 6.07) is 72.9. The minimum absolute atomic E-state index is 1.12. The van der Waals surface area contributed by atoms with E-state index < -0.39 is 0 Å². The van der Waals surface area contributed by atoms with Crippen LogP contribution in [0.4, 0.5) is 17.1 Å². The Balaban J connectivity index is 1.21. The number of nitrogens with zero attached hydrogens (tertiary/aromatic N) is 1. The summed E-state index contributed by atoms with van der Waals surface area (Å²) >= 11 is 0. The molecule has 9 aromatic rings. The first-order valence-corrected chi connectivity index (χ1v) is 17.6. The van der Waals surface area contributed by atoms with E-state index in [0.29, 0.717) is 0 Å². The monoisotopic (exact) mass is 647 g/mol. The van der Waals surface area contributed by atoms with Crippen molar-refractivity contribution in [3.63, 3.8) is 0 Å². The predicted octanol–water partition coefficient (Wildman–Crippen LogP) is 14.1. The first kappa shape index (κ1) is 29.2. The fraction of sp³-hybridized carbons (Fsp3) is 0. The normalized spacial score (nSPS) is 11.5. The van der Waals surface area contributed by atoms with Gasteiger partial charge in [-0.3, -0.25) is 0 Å². The molecule has 0 radical (unpaired) electrons. The number of anilines is 3. The summed E-state index contributed by atoms with van der Waals surface area (Å²) in [5.41, 5.74) is 15.9. The lowest BCUT2D eigenvalue weighted by Gasteiger charge is -2.30. The van der Waals surface area contributed by atoms with Gasteiger partial charge < -0.3 is 4.90 Å². The van der Waals surface area contributed by atoms with Gasteiger partial charge in [0.25, 0.3) is 0 Å². The highest BCUT2D eigenvalue weighted by molar-refractivity contribution is 6.28. The van der Waals surface area contributed by atoms with Gasteiger partial charge in [-0.1, -0.05) is 176 Å². The van der Waals surface area contributed by atoms with Crippen LogP contribution in [0.3, 0.4) is 0 Å². The Bertz CT molecular complexity index is 2710. The molecule has 0 amide bonds. The molecule has 1 aliphatic rings. The molecule has 238 valence electrons. The maximum Gasteiger partial charge on any atom is 0.0619 e. The third-order valence-electron chi connectivity index (χ3n) is 10.4. The molecule has 9 aromatic carbocycles. The molecule has 0 heterocycles.